The molecule has 0 aromatic carbocycles. The lowest BCUT2D eigenvalue weighted by Crippen LogP contribution is -2.29. The van der Waals surface area contributed by atoms with Gasteiger partial charge in [0.2, 0.25) is 0 Å². The fraction of sp³-hybridized carbons (Fsp3) is 0.667. The van der Waals surface area contributed by atoms with Crippen molar-refractivity contribution in [3.63, 3.8) is 0 Å². The standard InChI is InChI=1S/C15H26O2/c1-7-17-14(16)15(6,10-8-12(2)3)11-9-13(4)5/h8-9H,7,10-11H2,1-6H3. The van der Waals surface area contributed by atoms with Crippen LogP contribution in [0.3, 0.4) is 0 Å². The first-order chi connectivity index (χ1) is 7.81. The van der Waals surface area contributed by atoms with E-state index in [1.54, 1.807) is 0 Å². The minimum atomic E-state index is -0.440. The number of allylic oxidation sites excluding steroid dienone is 4. The summed E-state index contributed by atoms with van der Waals surface area (Å²) in [6.45, 7) is 12.5. The van der Waals surface area contributed by atoms with Gasteiger partial charge in [0.1, 0.15) is 0 Å². The van der Waals surface area contributed by atoms with Crippen molar-refractivity contribution in [3.05, 3.63) is 23.3 Å². The Bertz CT molecular complexity index is 283. The van der Waals surface area contributed by atoms with E-state index in [0.717, 1.165) is 12.8 Å². The Hall–Kier alpha value is -1.05. The van der Waals surface area contributed by atoms with Crippen LogP contribution < -0.4 is 0 Å². The van der Waals surface area contributed by atoms with Crippen LogP contribution >= 0.6 is 0 Å². The number of esters is 1. The van der Waals surface area contributed by atoms with E-state index < -0.39 is 5.41 Å². The minimum absolute atomic E-state index is 0.102. The van der Waals surface area contributed by atoms with E-state index in [9.17, 15) is 4.79 Å². The SMILES string of the molecule is CCOC(=O)C(C)(CC=C(C)C)CC=C(C)C. The lowest BCUT2D eigenvalue weighted by atomic mass is 9.82. The number of carbonyl (C=O) groups is 1. The lowest BCUT2D eigenvalue weighted by Gasteiger charge is -2.25. The molecule has 0 aliphatic heterocycles. The Labute approximate surface area is 106 Å². The molecule has 2 nitrogen and oxygen atoms in total. The molecule has 0 N–H and O–H groups in total. The van der Waals surface area contributed by atoms with Crippen molar-refractivity contribution in [1.29, 1.82) is 0 Å². The van der Waals surface area contributed by atoms with E-state index in [1.165, 1.54) is 11.1 Å². The van der Waals surface area contributed by atoms with Crippen LogP contribution in [-0.4, -0.2) is 12.6 Å². The molecule has 0 amide bonds. The normalized spacial score (nSPS) is 10.7. The zero-order valence-electron chi connectivity index (χ0n) is 12.1. The average molecular weight is 238 g/mol. The quantitative estimate of drug-likeness (QED) is 0.510. The van der Waals surface area contributed by atoms with Crippen LogP contribution in [0, 0.1) is 5.41 Å². The van der Waals surface area contributed by atoms with Crippen molar-refractivity contribution in [3.8, 4) is 0 Å². The van der Waals surface area contributed by atoms with Gasteiger partial charge in [-0.2, -0.15) is 0 Å². The molecule has 0 atom stereocenters. The topological polar surface area (TPSA) is 26.3 Å². The Morgan fingerprint density at radius 1 is 1.06 bits per heavy atom. The molecule has 0 radical (unpaired) electrons. The first-order valence-electron chi connectivity index (χ1n) is 6.25. The Morgan fingerprint density at radius 2 is 1.47 bits per heavy atom. The molecule has 0 heterocycles. The highest BCUT2D eigenvalue weighted by Crippen LogP contribution is 2.30. The molecule has 0 unspecified atom stereocenters. The summed E-state index contributed by atoms with van der Waals surface area (Å²) in [5.41, 5.74) is 2.03. The molecular weight excluding hydrogens is 212 g/mol. The third-order valence-electron chi connectivity index (χ3n) is 2.69. The summed E-state index contributed by atoms with van der Waals surface area (Å²) in [5.74, 6) is -0.102. The molecule has 0 rings (SSSR count). The second-order valence-corrected chi connectivity index (χ2v) is 5.25. The molecule has 0 bridgehead atoms. The van der Waals surface area contributed by atoms with E-state index in [2.05, 4.69) is 12.2 Å². The molecule has 0 aromatic heterocycles. The van der Waals surface area contributed by atoms with Gasteiger partial charge in [-0.1, -0.05) is 23.3 Å². The molecule has 17 heavy (non-hydrogen) atoms. The molecule has 0 aliphatic carbocycles. The van der Waals surface area contributed by atoms with Crippen molar-refractivity contribution >= 4 is 5.97 Å². The number of carbonyl (C=O) groups excluding carboxylic acids is 1. The highest BCUT2D eigenvalue weighted by molar-refractivity contribution is 5.76. The summed E-state index contributed by atoms with van der Waals surface area (Å²) >= 11 is 0. The van der Waals surface area contributed by atoms with Gasteiger partial charge in [-0.05, 0) is 54.4 Å². The summed E-state index contributed by atoms with van der Waals surface area (Å²) in [5, 5.41) is 0. The first-order valence-corrected chi connectivity index (χ1v) is 6.25. The summed E-state index contributed by atoms with van der Waals surface area (Å²) < 4.78 is 5.17. The molecule has 0 saturated heterocycles. The van der Waals surface area contributed by atoms with E-state index in [-0.39, 0.29) is 5.97 Å². The molecule has 0 fully saturated rings. The number of ether oxygens (including phenoxy) is 1. The van der Waals surface area contributed by atoms with Crippen LogP contribution in [0.25, 0.3) is 0 Å². The Balaban J connectivity index is 4.86. The smallest absolute Gasteiger partial charge is 0.312 e. The maximum absolute atomic E-state index is 12.0. The monoisotopic (exact) mass is 238 g/mol. The molecule has 0 saturated carbocycles. The predicted octanol–water partition coefficient (Wildman–Crippen LogP) is 4.27. The largest absolute Gasteiger partial charge is 0.466 e. The summed E-state index contributed by atoms with van der Waals surface area (Å²) in [4.78, 5) is 12.0. The molecular formula is C15H26O2. The predicted molar refractivity (Wildman–Crippen MR) is 72.8 cm³/mol. The number of hydrogen-bond acceptors (Lipinski definition) is 2. The van der Waals surface area contributed by atoms with E-state index in [4.69, 9.17) is 4.74 Å². The van der Waals surface area contributed by atoms with Crippen molar-refractivity contribution < 1.29 is 9.53 Å². The van der Waals surface area contributed by atoms with Crippen LogP contribution in [-0.2, 0) is 9.53 Å². The van der Waals surface area contributed by atoms with Gasteiger partial charge in [0, 0.05) is 0 Å². The van der Waals surface area contributed by atoms with Crippen molar-refractivity contribution in [2.45, 2.75) is 54.4 Å². The van der Waals surface area contributed by atoms with Crippen LogP contribution in [0.1, 0.15) is 54.4 Å². The van der Waals surface area contributed by atoms with Gasteiger partial charge in [0.25, 0.3) is 0 Å². The second kappa shape index (κ2) is 7.31. The summed E-state index contributed by atoms with van der Waals surface area (Å²) in [6, 6.07) is 0. The average Bonchev–Trinajstić information content (AvgIpc) is 2.24. The fourth-order valence-electron chi connectivity index (χ4n) is 1.41. The van der Waals surface area contributed by atoms with Crippen molar-refractivity contribution in [2.24, 2.45) is 5.41 Å². The summed E-state index contributed by atoms with van der Waals surface area (Å²) in [6.07, 6.45) is 5.68. The Morgan fingerprint density at radius 3 is 1.76 bits per heavy atom. The van der Waals surface area contributed by atoms with Gasteiger partial charge in [-0.3, -0.25) is 4.79 Å². The maximum Gasteiger partial charge on any atom is 0.312 e. The fourth-order valence-corrected chi connectivity index (χ4v) is 1.41. The number of rotatable bonds is 6. The molecule has 98 valence electrons. The zero-order valence-corrected chi connectivity index (χ0v) is 12.1. The van der Waals surface area contributed by atoms with Gasteiger partial charge in [0.05, 0.1) is 12.0 Å². The second-order valence-electron chi connectivity index (χ2n) is 5.25. The van der Waals surface area contributed by atoms with Crippen LogP contribution in [0.2, 0.25) is 0 Å². The third-order valence-corrected chi connectivity index (χ3v) is 2.69. The third kappa shape index (κ3) is 6.30. The first kappa shape index (κ1) is 16.0. The van der Waals surface area contributed by atoms with Gasteiger partial charge in [-0.15, -0.1) is 0 Å². The van der Waals surface area contributed by atoms with E-state index >= 15 is 0 Å². The van der Waals surface area contributed by atoms with Gasteiger partial charge in [-0.25, -0.2) is 0 Å². The molecule has 0 aromatic rings. The Kier molecular flexibility index (Phi) is 6.86. The van der Waals surface area contributed by atoms with Crippen molar-refractivity contribution in [2.75, 3.05) is 6.61 Å². The molecule has 0 spiro atoms. The minimum Gasteiger partial charge on any atom is -0.466 e. The van der Waals surface area contributed by atoms with Gasteiger partial charge in [0.15, 0.2) is 0 Å². The van der Waals surface area contributed by atoms with E-state index in [1.807, 2.05) is 41.5 Å². The molecule has 0 aliphatic rings. The van der Waals surface area contributed by atoms with E-state index in [0.29, 0.717) is 6.61 Å². The van der Waals surface area contributed by atoms with Crippen molar-refractivity contribution in [1.82, 2.24) is 0 Å². The van der Waals surface area contributed by atoms with Crippen LogP contribution in [0.4, 0.5) is 0 Å². The van der Waals surface area contributed by atoms with Crippen LogP contribution in [0.15, 0.2) is 23.3 Å². The maximum atomic E-state index is 12.0. The summed E-state index contributed by atoms with van der Waals surface area (Å²) in [7, 11) is 0. The van der Waals surface area contributed by atoms with Gasteiger partial charge >= 0.3 is 5.97 Å². The molecule has 2 heteroatoms. The zero-order chi connectivity index (χ0) is 13.5. The van der Waals surface area contributed by atoms with Gasteiger partial charge < -0.3 is 4.74 Å². The highest BCUT2D eigenvalue weighted by Gasteiger charge is 2.32. The highest BCUT2D eigenvalue weighted by atomic mass is 16.5. The van der Waals surface area contributed by atoms with Crippen LogP contribution in [0.5, 0.6) is 0 Å². The number of hydrogen-bond donors (Lipinski definition) is 0. The lowest BCUT2D eigenvalue weighted by molar-refractivity contribution is -0.154.